The summed E-state index contributed by atoms with van der Waals surface area (Å²) in [5, 5.41) is 3.22. The number of hydrogen-bond acceptors (Lipinski definition) is 2. The summed E-state index contributed by atoms with van der Waals surface area (Å²) in [7, 11) is -0.531. The van der Waals surface area contributed by atoms with Gasteiger partial charge in [-0.05, 0) is 19.4 Å². The van der Waals surface area contributed by atoms with Crippen molar-refractivity contribution in [1.29, 1.82) is 0 Å². The van der Waals surface area contributed by atoms with Crippen LogP contribution in [0, 0.1) is 0 Å². The van der Waals surface area contributed by atoms with E-state index in [9.17, 15) is 4.21 Å². The van der Waals surface area contributed by atoms with Crippen molar-refractivity contribution < 1.29 is 4.21 Å². The Balaban J connectivity index is 2.20. The number of nitrogens with one attached hydrogen (secondary N) is 1. The normalized spacial score (nSPS) is 30.9. The summed E-state index contributed by atoms with van der Waals surface area (Å²) in [6.07, 6.45) is 2.31. The van der Waals surface area contributed by atoms with Crippen molar-refractivity contribution in [3.05, 3.63) is 0 Å². The fourth-order valence-electron chi connectivity index (χ4n) is 0.926. The Hall–Kier alpha value is 0.110. The van der Waals surface area contributed by atoms with E-state index in [0.717, 1.165) is 31.0 Å². The molecule has 1 heterocycles. The fourth-order valence-corrected chi connectivity index (χ4v) is 2.03. The minimum atomic E-state index is -0.531. The van der Waals surface area contributed by atoms with Crippen LogP contribution < -0.4 is 5.32 Å². The van der Waals surface area contributed by atoms with E-state index in [2.05, 4.69) is 5.32 Å². The highest BCUT2D eigenvalue weighted by Gasteiger charge is 2.01. The standard InChI is InChI=1S/C6H13NOS/c8-9-5-2-1-3-7-4-6-9/h7H,1-6H2. The summed E-state index contributed by atoms with van der Waals surface area (Å²) in [5.74, 6) is 1.77. The molecule has 0 aromatic heterocycles. The van der Waals surface area contributed by atoms with Crippen molar-refractivity contribution in [3.8, 4) is 0 Å². The lowest BCUT2D eigenvalue weighted by Gasteiger charge is -2.08. The van der Waals surface area contributed by atoms with Crippen molar-refractivity contribution in [3.63, 3.8) is 0 Å². The molecule has 1 aliphatic heterocycles. The van der Waals surface area contributed by atoms with Crippen LogP contribution >= 0.6 is 0 Å². The molecule has 1 atom stereocenters. The van der Waals surface area contributed by atoms with Gasteiger partial charge >= 0.3 is 0 Å². The van der Waals surface area contributed by atoms with Crippen molar-refractivity contribution >= 4 is 10.8 Å². The van der Waals surface area contributed by atoms with Crippen LogP contribution in [0.5, 0.6) is 0 Å². The molecule has 9 heavy (non-hydrogen) atoms. The first-order chi connectivity index (χ1) is 4.39. The molecule has 0 bridgehead atoms. The van der Waals surface area contributed by atoms with Crippen LogP contribution in [-0.4, -0.2) is 28.8 Å². The molecule has 1 fully saturated rings. The van der Waals surface area contributed by atoms with Crippen LogP contribution in [0.2, 0.25) is 0 Å². The maximum absolute atomic E-state index is 10.9. The van der Waals surface area contributed by atoms with Gasteiger partial charge in [-0.2, -0.15) is 0 Å². The lowest BCUT2D eigenvalue weighted by atomic mass is 10.3. The molecular formula is C6H13NOS. The largest absolute Gasteiger partial charge is 0.316 e. The molecule has 1 rings (SSSR count). The highest BCUT2D eigenvalue weighted by Crippen LogP contribution is 1.94. The Morgan fingerprint density at radius 2 is 2.00 bits per heavy atom. The van der Waals surface area contributed by atoms with E-state index in [0.29, 0.717) is 0 Å². The van der Waals surface area contributed by atoms with Gasteiger partial charge in [-0.3, -0.25) is 4.21 Å². The van der Waals surface area contributed by atoms with Gasteiger partial charge in [0.25, 0.3) is 0 Å². The van der Waals surface area contributed by atoms with Gasteiger partial charge in [0.15, 0.2) is 0 Å². The molecule has 0 radical (unpaired) electrons. The third-order valence-electron chi connectivity index (χ3n) is 1.48. The molecule has 54 valence electrons. The highest BCUT2D eigenvalue weighted by molar-refractivity contribution is 7.84. The third kappa shape index (κ3) is 2.96. The summed E-state index contributed by atoms with van der Waals surface area (Å²) in [5.41, 5.74) is 0. The van der Waals surface area contributed by atoms with Gasteiger partial charge in [0.1, 0.15) is 0 Å². The zero-order valence-corrected chi connectivity index (χ0v) is 6.38. The average molecular weight is 147 g/mol. The lowest BCUT2D eigenvalue weighted by molar-refractivity contribution is 0.632. The van der Waals surface area contributed by atoms with Gasteiger partial charge in [0, 0.05) is 28.9 Å². The molecule has 3 heteroatoms. The summed E-state index contributed by atoms with van der Waals surface area (Å²) in [6.45, 7) is 2.05. The van der Waals surface area contributed by atoms with Crippen LogP contribution in [0.3, 0.4) is 0 Å². The Kier molecular flexibility index (Phi) is 3.22. The molecule has 1 aliphatic rings. The monoisotopic (exact) mass is 147 g/mol. The van der Waals surface area contributed by atoms with Crippen LogP contribution in [0.15, 0.2) is 0 Å². The number of rotatable bonds is 0. The van der Waals surface area contributed by atoms with E-state index < -0.39 is 10.8 Å². The Bertz CT molecular complexity index is 95.2. The van der Waals surface area contributed by atoms with Gasteiger partial charge in [0.2, 0.25) is 0 Å². The maximum Gasteiger partial charge on any atom is 0.0360 e. The molecule has 2 nitrogen and oxygen atoms in total. The summed E-state index contributed by atoms with van der Waals surface area (Å²) >= 11 is 0. The maximum atomic E-state index is 10.9. The van der Waals surface area contributed by atoms with E-state index in [1.54, 1.807) is 0 Å². The second-order valence-electron chi connectivity index (χ2n) is 2.31. The van der Waals surface area contributed by atoms with Crippen LogP contribution in [0.1, 0.15) is 12.8 Å². The molecule has 1 unspecified atom stereocenters. The second-order valence-corrected chi connectivity index (χ2v) is 4.00. The predicted octanol–water partition coefficient (Wildman–Crippen LogP) is 0.119. The molecule has 0 saturated carbocycles. The van der Waals surface area contributed by atoms with Crippen molar-refractivity contribution in [1.82, 2.24) is 5.32 Å². The molecule has 0 aliphatic carbocycles. The van der Waals surface area contributed by atoms with Crippen LogP contribution in [-0.2, 0) is 10.8 Å². The number of hydrogen-bond donors (Lipinski definition) is 1. The van der Waals surface area contributed by atoms with Gasteiger partial charge in [-0.25, -0.2) is 0 Å². The van der Waals surface area contributed by atoms with Gasteiger partial charge in [-0.1, -0.05) is 0 Å². The van der Waals surface area contributed by atoms with E-state index in [4.69, 9.17) is 0 Å². The van der Waals surface area contributed by atoms with Gasteiger partial charge in [0.05, 0.1) is 0 Å². The Morgan fingerprint density at radius 3 is 2.89 bits per heavy atom. The molecule has 0 aromatic rings. The minimum Gasteiger partial charge on any atom is -0.316 e. The van der Waals surface area contributed by atoms with E-state index in [-0.39, 0.29) is 0 Å². The average Bonchev–Trinajstić information content (AvgIpc) is 1.79. The van der Waals surface area contributed by atoms with E-state index in [1.807, 2.05) is 0 Å². The van der Waals surface area contributed by atoms with Crippen LogP contribution in [0.4, 0.5) is 0 Å². The molecular weight excluding hydrogens is 134 g/mol. The first-order valence-corrected chi connectivity index (χ1v) is 4.94. The van der Waals surface area contributed by atoms with E-state index >= 15 is 0 Å². The molecule has 1 saturated heterocycles. The van der Waals surface area contributed by atoms with Crippen molar-refractivity contribution in [2.75, 3.05) is 24.6 Å². The lowest BCUT2D eigenvalue weighted by Crippen LogP contribution is -2.25. The first kappa shape index (κ1) is 7.22. The highest BCUT2D eigenvalue weighted by atomic mass is 32.2. The molecule has 0 spiro atoms. The predicted molar refractivity (Wildman–Crippen MR) is 40.0 cm³/mol. The fraction of sp³-hybridized carbons (Fsp3) is 1.00. The molecule has 0 aromatic carbocycles. The summed E-state index contributed by atoms with van der Waals surface area (Å²) in [4.78, 5) is 0. The quantitative estimate of drug-likeness (QED) is 0.527. The first-order valence-electron chi connectivity index (χ1n) is 3.45. The van der Waals surface area contributed by atoms with E-state index in [1.165, 1.54) is 6.42 Å². The SMILES string of the molecule is O=S1CCCCNCC1. The topological polar surface area (TPSA) is 29.1 Å². The zero-order chi connectivity index (χ0) is 6.53. The second kappa shape index (κ2) is 4.01. The molecule has 0 amide bonds. The summed E-state index contributed by atoms with van der Waals surface area (Å²) in [6, 6.07) is 0. The zero-order valence-electron chi connectivity index (χ0n) is 5.56. The van der Waals surface area contributed by atoms with Gasteiger partial charge in [-0.15, -0.1) is 0 Å². The smallest absolute Gasteiger partial charge is 0.0360 e. The third-order valence-corrected chi connectivity index (χ3v) is 2.89. The summed E-state index contributed by atoms with van der Waals surface area (Å²) < 4.78 is 10.9. The Labute approximate surface area is 58.5 Å². The minimum absolute atomic E-state index is 0.531. The molecule has 1 N–H and O–H groups in total. The Morgan fingerprint density at radius 1 is 1.11 bits per heavy atom. The van der Waals surface area contributed by atoms with Crippen LogP contribution in [0.25, 0.3) is 0 Å². The van der Waals surface area contributed by atoms with Crippen molar-refractivity contribution in [2.24, 2.45) is 0 Å². The van der Waals surface area contributed by atoms with Crippen molar-refractivity contribution in [2.45, 2.75) is 12.8 Å². The van der Waals surface area contributed by atoms with Gasteiger partial charge < -0.3 is 5.32 Å².